The third-order valence-corrected chi connectivity index (χ3v) is 2.97. The Kier molecular flexibility index (Phi) is 3.33. The molecule has 0 aliphatic rings. The van der Waals surface area contributed by atoms with E-state index >= 15 is 0 Å². The molecule has 0 heterocycles. The lowest BCUT2D eigenvalue weighted by Gasteiger charge is -2.07. The number of benzene rings is 2. The molecule has 0 amide bonds. The van der Waals surface area contributed by atoms with E-state index in [2.05, 4.69) is 0 Å². The third-order valence-electron chi connectivity index (χ3n) is 2.34. The molecular formula is C13H6Cl2FN. The van der Waals surface area contributed by atoms with Crippen LogP contribution in [-0.4, -0.2) is 0 Å². The van der Waals surface area contributed by atoms with Crippen LogP contribution in [0.1, 0.15) is 5.56 Å². The zero-order chi connectivity index (χ0) is 12.4. The standard InChI is InChI=1S/C13H6Cl2FN/c14-10-2-1-3-11(15)13(10)8-4-5-12(16)9(6-8)7-17/h1-6H. The average Bonchev–Trinajstić information content (AvgIpc) is 2.31. The molecule has 2 aromatic carbocycles. The zero-order valence-corrected chi connectivity index (χ0v) is 10.1. The van der Waals surface area contributed by atoms with E-state index in [1.165, 1.54) is 12.1 Å². The maximum absolute atomic E-state index is 13.2. The minimum atomic E-state index is -0.556. The first kappa shape index (κ1) is 11.9. The summed E-state index contributed by atoms with van der Waals surface area (Å²) in [7, 11) is 0. The summed E-state index contributed by atoms with van der Waals surface area (Å²) in [6, 6.07) is 11.1. The van der Waals surface area contributed by atoms with Gasteiger partial charge in [0.05, 0.1) is 5.56 Å². The van der Waals surface area contributed by atoms with E-state index in [-0.39, 0.29) is 5.56 Å². The minimum Gasteiger partial charge on any atom is -0.206 e. The summed E-state index contributed by atoms with van der Waals surface area (Å²) < 4.78 is 13.2. The lowest BCUT2D eigenvalue weighted by atomic mass is 10.0. The van der Waals surface area contributed by atoms with Gasteiger partial charge in [-0.3, -0.25) is 0 Å². The largest absolute Gasteiger partial charge is 0.206 e. The van der Waals surface area contributed by atoms with Gasteiger partial charge in [-0.05, 0) is 29.8 Å². The molecule has 0 saturated heterocycles. The van der Waals surface area contributed by atoms with Crippen LogP contribution < -0.4 is 0 Å². The highest BCUT2D eigenvalue weighted by molar-refractivity contribution is 6.39. The molecule has 1 nitrogen and oxygen atoms in total. The van der Waals surface area contributed by atoms with Crippen LogP contribution in [0.4, 0.5) is 4.39 Å². The van der Waals surface area contributed by atoms with Crippen LogP contribution in [0.2, 0.25) is 10.0 Å². The van der Waals surface area contributed by atoms with E-state index in [0.29, 0.717) is 21.2 Å². The van der Waals surface area contributed by atoms with Gasteiger partial charge < -0.3 is 0 Å². The van der Waals surface area contributed by atoms with Crippen molar-refractivity contribution in [3.05, 3.63) is 57.8 Å². The average molecular weight is 266 g/mol. The van der Waals surface area contributed by atoms with Crippen molar-refractivity contribution in [3.8, 4) is 17.2 Å². The van der Waals surface area contributed by atoms with E-state index in [9.17, 15) is 4.39 Å². The van der Waals surface area contributed by atoms with Gasteiger partial charge in [0.2, 0.25) is 0 Å². The Balaban J connectivity index is 2.66. The molecule has 0 radical (unpaired) electrons. The highest BCUT2D eigenvalue weighted by atomic mass is 35.5. The molecule has 0 atom stereocenters. The summed E-state index contributed by atoms with van der Waals surface area (Å²) in [4.78, 5) is 0. The Morgan fingerprint density at radius 2 is 1.71 bits per heavy atom. The van der Waals surface area contributed by atoms with Gasteiger partial charge in [-0.1, -0.05) is 35.3 Å². The van der Waals surface area contributed by atoms with E-state index in [1.807, 2.05) is 0 Å². The number of halogens is 3. The molecule has 2 rings (SSSR count). The van der Waals surface area contributed by atoms with Crippen LogP contribution >= 0.6 is 23.2 Å². The molecule has 0 saturated carbocycles. The molecule has 4 heteroatoms. The van der Waals surface area contributed by atoms with Crippen LogP contribution in [-0.2, 0) is 0 Å². The van der Waals surface area contributed by atoms with Crippen molar-refractivity contribution in [2.75, 3.05) is 0 Å². The predicted molar refractivity (Wildman–Crippen MR) is 66.6 cm³/mol. The molecule has 0 bridgehead atoms. The predicted octanol–water partition coefficient (Wildman–Crippen LogP) is 4.67. The highest BCUT2D eigenvalue weighted by Gasteiger charge is 2.10. The van der Waals surface area contributed by atoms with Crippen LogP contribution in [0.5, 0.6) is 0 Å². The molecule has 0 aromatic heterocycles. The van der Waals surface area contributed by atoms with Crippen LogP contribution in [0.15, 0.2) is 36.4 Å². The molecule has 0 aliphatic heterocycles. The molecule has 84 valence electrons. The SMILES string of the molecule is N#Cc1cc(-c2c(Cl)cccc2Cl)ccc1F. The van der Waals surface area contributed by atoms with Gasteiger partial charge in [0.25, 0.3) is 0 Å². The Bertz CT molecular complexity index is 597. The summed E-state index contributed by atoms with van der Waals surface area (Å²) in [5.41, 5.74) is 1.20. The van der Waals surface area contributed by atoms with Crippen LogP contribution in [0.25, 0.3) is 11.1 Å². The Morgan fingerprint density at radius 1 is 1.06 bits per heavy atom. The van der Waals surface area contributed by atoms with Gasteiger partial charge in [0, 0.05) is 15.6 Å². The third kappa shape index (κ3) is 2.26. The highest BCUT2D eigenvalue weighted by Crippen LogP contribution is 2.35. The lowest BCUT2D eigenvalue weighted by Crippen LogP contribution is -1.87. The second kappa shape index (κ2) is 4.75. The quantitative estimate of drug-likeness (QED) is 0.735. The van der Waals surface area contributed by atoms with Crippen molar-refractivity contribution in [2.45, 2.75) is 0 Å². The van der Waals surface area contributed by atoms with Crippen molar-refractivity contribution in [1.29, 1.82) is 5.26 Å². The molecular weight excluding hydrogens is 260 g/mol. The summed E-state index contributed by atoms with van der Waals surface area (Å²) in [5.74, 6) is -0.556. The fourth-order valence-electron chi connectivity index (χ4n) is 1.54. The topological polar surface area (TPSA) is 23.8 Å². The molecule has 0 spiro atoms. The number of nitriles is 1. The first-order valence-electron chi connectivity index (χ1n) is 4.77. The van der Waals surface area contributed by atoms with Gasteiger partial charge in [-0.25, -0.2) is 4.39 Å². The van der Waals surface area contributed by atoms with E-state index in [1.54, 1.807) is 30.3 Å². The normalized spacial score (nSPS) is 10.0. The van der Waals surface area contributed by atoms with Crippen molar-refractivity contribution in [3.63, 3.8) is 0 Å². The molecule has 0 N–H and O–H groups in total. The van der Waals surface area contributed by atoms with Crippen molar-refractivity contribution in [1.82, 2.24) is 0 Å². The van der Waals surface area contributed by atoms with E-state index < -0.39 is 5.82 Å². The van der Waals surface area contributed by atoms with Crippen molar-refractivity contribution in [2.24, 2.45) is 0 Å². The fourth-order valence-corrected chi connectivity index (χ4v) is 2.16. The van der Waals surface area contributed by atoms with Gasteiger partial charge in [0.15, 0.2) is 0 Å². The van der Waals surface area contributed by atoms with Gasteiger partial charge in [0.1, 0.15) is 11.9 Å². The number of hydrogen-bond donors (Lipinski definition) is 0. The monoisotopic (exact) mass is 265 g/mol. The van der Waals surface area contributed by atoms with Crippen LogP contribution in [0, 0.1) is 17.1 Å². The molecule has 2 aromatic rings. The van der Waals surface area contributed by atoms with Crippen molar-refractivity contribution >= 4 is 23.2 Å². The first-order valence-corrected chi connectivity index (χ1v) is 5.53. The van der Waals surface area contributed by atoms with Crippen molar-refractivity contribution < 1.29 is 4.39 Å². The summed E-state index contributed by atoms with van der Waals surface area (Å²) in [6.07, 6.45) is 0. The Hall–Kier alpha value is -1.56. The maximum atomic E-state index is 13.2. The smallest absolute Gasteiger partial charge is 0.140 e. The lowest BCUT2D eigenvalue weighted by molar-refractivity contribution is 0.624. The van der Waals surface area contributed by atoms with Gasteiger partial charge >= 0.3 is 0 Å². The summed E-state index contributed by atoms with van der Waals surface area (Å²) >= 11 is 12.1. The van der Waals surface area contributed by atoms with Gasteiger partial charge in [-0.2, -0.15) is 5.26 Å². The Labute approximate surface area is 108 Å². The second-order valence-corrected chi connectivity index (χ2v) is 4.22. The zero-order valence-electron chi connectivity index (χ0n) is 8.55. The first-order chi connectivity index (χ1) is 8.13. The molecule has 17 heavy (non-hydrogen) atoms. The van der Waals surface area contributed by atoms with Crippen LogP contribution in [0.3, 0.4) is 0 Å². The fraction of sp³-hybridized carbons (Fsp3) is 0. The maximum Gasteiger partial charge on any atom is 0.140 e. The number of hydrogen-bond acceptors (Lipinski definition) is 1. The van der Waals surface area contributed by atoms with Gasteiger partial charge in [-0.15, -0.1) is 0 Å². The molecule has 0 unspecified atom stereocenters. The summed E-state index contributed by atoms with van der Waals surface area (Å²) in [5, 5.41) is 9.70. The second-order valence-electron chi connectivity index (χ2n) is 3.40. The molecule has 0 fully saturated rings. The van der Waals surface area contributed by atoms with E-state index in [4.69, 9.17) is 28.5 Å². The molecule has 0 aliphatic carbocycles. The Morgan fingerprint density at radius 3 is 2.29 bits per heavy atom. The summed E-state index contributed by atoms with van der Waals surface area (Å²) in [6.45, 7) is 0. The van der Waals surface area contributed by atoms with E-state index in [0.717, 1.165) is 0 Å². The minimum absolute atomic E-state index is 0.0292. The number of nitrogens with zero attached hydrogens (tertiary/aromatic N) is 1. The number of rotatable bonds is 1.